The van der Waals surface area contributed by atoms with Crippen LogP contribution in [0.4, 0.5) is 0 Å². The Kier molecular flexibility index (Phi) is 4.59. The summed E-state index contributed by atoms with van der Waals surface area (Å²) in [6, 6.07) is 11.1. The van der Waals surface area contributed by atoms with E-state index in [0.29, 0.717) is 31.5 Å². The molecule has 5 heteroatoms. The molecular formula is C16H18N2O3. The number of nitriles is 1. The van der Waals surface area contributed by atoms with Crippen LogP contribution in [0.15, 0.2) is 30.3 Å². The van der Waals surface area contributed by atoms with E-state index >= 15 is 0 Å². The molecule has 0 aromatic heterocycles. The van der Waals surface area contributed by atoms with Crippen molar-refractivity contribution in [2.75, 3.05) is 19.7 Å². The van der Waals surface area contributed by atoms with Crippen LogP contribution in [-0.2, 0) is 9.53 Å². The van der Waals surface area contributed by atoms with Crippen LogP contribution in [0.1, 0.15) is 30.1 Å². The van der Waals surface area contributed by atoms with Gasteiger partial charge in [0.25, 0.3) is 5.91 Å². The maximum absolute atomic E-state index is 12.3. The smallest absolute Gasteiger partial charge is 0.326 e. The Morgan fingerprint density at radius 3 is 2.43 bits per heavy atom. The van der Waals surface area contributed by atoms with Gasteiger partial charge in [-0.1, -0.05) is 18.2 Å². The van der Waals surface area contributed by atoms with Crippen molar-refractivity contribution in [1.29, 1.82) is 5.26 Å². The van der Waals surface area contributed by atoms with Crippen LogP contribution in [0, 0.1) is 16.7 Å². The van der Waals surface area contributed by atoms with Crippen molar-refractivity contribution in [1.82, 2.24) is 4.90 Å². The first-order chi connectivity index (χ1) is 10.1. The number of amides is 1. The lowest BCUT2D eigenvalue weighted by molar-refractivity contribution is -0.154. The monoisotopic (exact) mass is 286 g/mol. The fourth-order valence-electron chi connectivity index (χ4n) is 2.49. The highest BCUT2D eigenvalue weighted by Crippen LogP contribution is 2.32. The van der Waals surface area contributed by atoms with Gasteiger partial charge in [0, 0.05) is 18.7 Å². The summed E-state index contributed by atoms with van der Waals surface area (Å²) < 4.78 is 4.99. The first-order valence-corrected chi connectivity index (χ1v) is 7.06. The Bertz CT molecular complexity index is 555. The van der Waals surface area contributed by atoms with Crippen LogP contribution in [-0.4, -0.2) is 36.5 Å². The number of likely N-dealkylation sites (tertiary alicyclic amines) is 1. The number of esters is 1. The maximum Gasteiger partial charge on any atom is 0.326 e. The Morgan fingerprint density at radius 2 is 1.90 bits per heavy atom. The third-order valence-electron chi connectivity index (χ3n) is 3.81. The number of hydrogen-bond acceptors (Lipinski definition) is 4. The van der Waals surface area contributed by atoms with E-state index in [9.17, 15) is 14.9 Å². The van der Waals surface area contributed by atoms with Gasteiger partial charge in [-0.15, -0.1) is 0 Å². The molecule has 0 unspecified atom stereocenters. The molecule has 1 aromatic carbocycles. The number of ether oxygens (including phenoxy) is 1. The predicted octanol–water partition coefficient (Wildman–Crippen LogP) is 2.00. The molecule has 1 fully saturated rings. The van der Waals surface area contributed by atoms with E-state index in [2.05, 4.69) is 6.07 Å². The average Bonchev–Trinajstić information content (AvgIpc) is 2.55. The van der Waals surface area contributed by atoms with Gasteiger partial charge >= 0.3 is 5.97 Å². The fourth-order valence-corrected chi connectivity index (χ4v) is 2.49. The van der Waals surface area contributed by atoms with Gasteiger partial charge < -0.3 is 9.64 Å². The quantitative estimate of drug-likeness (QED) is 0.797. The van der Waals surface area contributed by atoms with E-state index in [1.54, 1.807) is 24.0 Å². The van der Waals surface area contributed by atoms with Crippen LogP contribution in [0.2, 0.25) is 0 Å². The maximum atomic E-state index is 12.3. The van der Waals surface area contributed by atoms with Gasteiger partial charge in [0.15, 0.2) is 5.41 Å². The van der Waals surface area contributed by atoms with E-state index in [1.165, 1.54) is 0 Å². The number of piperidine rings is 1. The van der Waals surface area contributed by atoms with Crippen LogP contribution >= 0.6 is 0 Å². The number of rotatable bonds is 3. The van der Waals surface area contributed by atoms with E-state index in [0.717, 1.165) is 0 Å². The van der Waals surface area contributed by atoms with E-state index in [-0.39, 0.29) is 12.5 Å². The number of hydrogen-bond donors (Lipinski definition) is 0. The molecule has 0 spiro atoms. The molecule has 1 saturated heterocycles. The highest BCUT2D eigenvalue weighted by Gasteiger charge is 2.44. The predicted molar refractivity (Wildman–Crippen MR) is 76.3 cm³/mol. The van der Waals surface area contributed by atoms with Crippen molar-refractivity contribution in [3.05, 3.63) is 35.9 Å². The second kappa shape index (κ2) is 6.40. The lowest BCUT2D eigenvalue weighted by atomic mass is 9.79. The molecule has 0 saturated carbocycles. The molecule has 1 heterocycles. The van der Waals surface area contributed by atoms with Crippen LogP contribution in [0.3, 0.4) is 0 Å². The Balaban J connectivity index is 2.04. The van der Waals surface area contributed by atoms with Gasteiger partial charge in [0.2, 0.25) is 0 Å². The van der Waals surface area contributed by atoms with Crippen LogP contribution in [0.5, 0.6) is 0 Å². The lowest BCUT2D eigenvalue weighted by Crippen LogP contribution is -2.46. The van der Waals surface area contributed by atoms with E-state index in [1.807, 2.05) is 18.2 Å². The summed E-state index contributed by atoms with van der Waals surface area (Å²) in [5, 5.41) is 9.33. The number of carbonyl (C=O) groups excluding carboxylic acids is 2. The molecule has 0 radical (unpaired) electrons. The molecule has 2 rings (SSSR count). The first-order valence-electron chi connectivity index (χ1n) is 7.06. The first kappa shape index (κ1) is 15.0. The highest BCUT2D eigenvalue weighted by atomic mass is 16.5. The molecule has 1 aliphatic rings. The van der Waals surface area contributed by atoms with E-state index < -0.39 is 11.4 Å². The van der Waals surface area contributed by atoms with Gasteiger partial charge in [-0.2, -0.15) is 5.26 Å². The molecule has 0 bridgehead atoms. The van der Waals surface area contributed by atoms with Crippen molar-refractivity contribution in [2.24, 2.45) is 5.41 Å². The highest BCUT2D eigenvalue weighted by molar-refractivity contribution is 5.94. The minimum atomic E-state index is -1.11. The average molecular weight is 286 g/mol. The minimum absolute atomic E-state index is 0.0639. The molecule has 0 N–H and O–H groups in total. The van der Waals surface area contributed by atoms with Crippen molar-refractivity contribution in [3.63, 3.8) is 0 Å². The van der Waals surface area contributed by atoms with Crippen molar-refractivity contribution < 1.29 is 14.3 Å². The molecule has 21 heavy (non-hydrogen) atoms. The number of carbonyl (C=O) groups is 2. The second-order valence-electron chi connectivity index (χ2n) is 5.07. The topological polar surface area (TPSA) is 70.4 Å². The standard InChI is InChI=1S/C16H18N2O3/c1-2-21-15(20)16(12-17)8-10-18(11-9-16)14(19)13-6-4-3-5-7-13/h3-7H,2,8-11H2,1H3. The molecular weight excluding hydrogens is 268 g/mol. The fraction of sp³-hybridized carbons (Fsp3) is 0.438. The minimum Gasteiger partial charge on any atom is -0.465 e. The van der Waals surface area contributed by atoms with Crippen LogP contribution < -0.4 is 0 Å². The number of nitrogens with zero attached hydrogens (tertiary/aromatic N) is 2. The molecule has 110 valence electrons. The summed E-state index contributed by atoms with van der Waals surface area (Å²) in [6.07, 6.45) is 0.641. The third kappa shape index (κ3) is 3.05. The molecule has 0 aliphatic carbocycles. The Labute approximate surface area is 124 Å². The summed E-state index contributed by atoms with van der Waals surface area (Å²) in [6.45, 7) is 2.76. The molecule has 1 aliphatic heterocycles. The molecule has 1 amide bonds. The SMILES string of the molecule is CCOC(=O)C1(C#N)CCN(C(=O)c2ccccc2)CC1. The summed E-state index contributed by atoms with van der Waals surface area (Å²) >= 11 is 0. The lowest BCUT2D eigenvalue weighted by Gasteiger charge is -2.35. The van der Waals surface area contributed by atoms with Gasteiger partial charge in [-0.3, -0.25) is 9.59 Å². The zero-order valence-corrected chi connectivity index (χ0v) is 12.0. The zero-order valence-electron chi connectivity index (χ0n) is 12.0. The van der Waals surface area contributed by atoms with Crippen molar-refractivity contribution in [3.8, 4) is 6.07 Å². The van der Waals surface area contributed by atoms with Gasteiger partial charge in [-0.05, 0) is 31.9 Å². The van der Waals surface area contributed by atoms with Crippen LogP contribution in [0.25, 0.3) is 0 Å². The van der Waals surface area contributed by atoms with E-state index in [4.69, 9.17) is 4.74 Å². The molecule has 1 aromatic rings. The van der Waals surface area contributed by atoms with Crippen molar-refractivity contribution in [2.45, 2.75) is 19.8 Å². The summed E-state index contributed by atoms with van der Waals surface area (Å²) in [5.74, 6) is -0.537. The number of benzene rings is 1. The van der Waals surface area contributed by atoms with Gasteiger partial charge in [-0.25, -0.2) is 0 Å². The Hall–Kier alpha value is -2.35. The molecule has 5 nitrogen and oxygen atoms in total. The normalized spacial score (nSPS) is 16.9. The van der Waals surface area contributed by atoms with Gasteiger partial charge in [0.05, 0.1) is 12.7 Å². The summed E-state index contributed by atoms with van der Waals surface area (Å²) in [5.41, 5.74) is -0.484. The Morgan fingerprint density at radius 1 is 1.29 bits per heavy atom. The zero-order chi connectivity index (χ0) is 15.3. The van der Waals surface area contributed by atoms with Gasteiger partial charge in [0.1, 0.15) is 0 Å². The van der Waals surface area contributed by atoms with Crippen molar-refractivity contribution >= 4 is 11.9 Å². The third-order valence-corrected chi connectivity index (χ3v) is 3.81. The summed E-state index contributed by atoms with van der Waals surface area (Å²) in [7, 11) is 0. The largest absolute Gasteiger partial charge is 0.465 e. The summed E-state index contributed by atoms with van der Waals surface area (Å²) in [4.78, 5) is 26.0. The second-order valence-corrected chi connectivity index (χ2v) is 5.07. The molecule has 0 atom stereocenters.